The third-order valence-corrected chi connectivity index (χ3v) is 5.62. The van der Waals surface area contributed by atoms with Gasteiger partial charge in [-0.3, -0.25) is 0 Å². The fourth-order valence-electron chi connectivity index (χ4n) is 4.17. The quantitative estimate of drug-likeness (QED) is 0.483. The summed E-state index contributed by atoms with van der Waals surface area (Å²) in [7, 11) is 1.52. The number of nitrogens with zero attached hydrogens (tertiary/aromatic N) is 5. The van der Waals surface area contributed by atoms with Gasteiger partial charge in [0.1, 0.15) is 11.5 Å². The van der Waals surface area contributed by atoms with Gasteiger partial charge < -0.3 is 9.30 Å². The molecule has 1 atom stereocenters. The molecule has 1 unspecified atom stereocenters. The molecule has 1 aliphatic heterocycles. The Balaban J connectivity index is 1.52. The summed E-state index contributed by atoms with van der Waals surface area (Å²) in [6, 6.07) is 9.35. The van der Waals surface area contributed by atoms with E-state index in [0.717, 1.165) is 11.8 Å². The minimum absolute atomic E-state index is 0.253. The second-order valence-corrected chi connectivity index (χ2v) is 7.68. The summed E-state index contributed by atoms with van der Waals surface area (Å²) in [5.74, 6) is 0.564. The van der Waals surface area contributed by atoms with Crippen molar-refractivity contribution in [2.45, 2.75) is 32.0 Å². The molecular formula is C23H19F3N5O+. The third kappa shape index (κ3) is 3.38. The second kappa shape index (κ2) is 7.41. The monoisotopic (exact) mass is 438 g/mol. The zero-order valence-electron chi connectivity index (χ0n) is 17.4. The van der Waals surface area contributed by atoms with E-state index in [9.17, 15) is 13.2 Å². The lowest BCUT2D eigenvalue weighted by Gasteiger charge is -2.16. The Bertz CT molecular complexity index is 1290. The highest BCUT2D eigenvalue weighted by Crippen LogP contribution is 2.41. The van der Waals surface area contributed by atoms with Crippen LogP contribution >= 0.6 is 0 Å². The van der Waals surface area contributed by atoms with Gasteiger partial charge in [0.15, 0.2) is 6.20 Å². The molecule has 4 heterocycles. The van der Waals surface area contributed by atoms with Crippen molar-refractivity contribution >= 4 is 0 Å². The summed E-state index contributed by atoms with van der Waals surface area (Å²) >= 11 is 0. The maximum absolute atomic E-state index is 13.6. The number of rotatable bonds is 4. The number of alkyl halides is 3. The van der Waals surface area contributed by atoms with Crippen LogP contribution in [-0.2, 0) is 12.7 Å². The number of imidazole rings is 1. The number of aryl methyl sites for hydroxylation is 2. The summed E-state index contributed by atoms with van der Waals surface area (Å²) in [6.45, 7) is 2.46. The van der Waals surface area contributed by atoms with Crippen molar-refractivity contribution in [3.8, 4) is 23.0 Å². The first-order chi connectivity index (χ1) is 15.3. The predicted molar refractivity (Wildman–Crippen MR) is 108 cm³/mol. The van der Waals surface area contributed by atoms with E-state index in [2.05, 4.69) is 21.3 Å². The summed E-state index contributed by atoms with van der Waals surface area (Å²) < 4.78 is 49.7. The van der Waals surface area contributed by atoms with E-state index >= 15 is 0 Å². The van der Waals surface area contributed by atoms with E-state index in [1.807, 2.05) is 30.0 Å². The Hall–Kier alpha value is -3.80. The van der Waals surface area contributed by atoms with Crippen LogP contribution in [0.15, 0.2) is 48.8 Å². The average molecular weight is 438 g/mol. The van der Waals surface area contributed by atoms with Crippen molar-refractivity contribution in [1.29, 1.82) is 0 Å². The number of aromatic nitrogens is 5. The standard InChI is InChI=1S/C23H19F3N5O/c1-14-11-31(13-27-14)20-8-7-18(29-22(20)32-2)19-12-30-10-9-16(21(30)28-19)15-5-3-4-6-17(15)23(24,25)26/h3-8,11-12,16H,9-10H2,1-2H3/q+1. The number of halogens is 3. The van der Waals surface area contributed by atoms with E-state index in [4.69, 9.17) is 4.74 Å². The number of methoxy groups -OCH3 is 1. The highest BCUT2D eigenvalue weighted by Gasteiger charge is 2.38. The minimum Gasteiger partial charge on any atom is -0.478 e. The molecule has 6 nitrogen and oxygen atoms in total. The molecule has 162 valence electrons. The Morgan fingerprint density at radius 2 is 1.91 bits per heavy atom. The topological polar surface area (TPSA) is 59.0 Å². The van der Waals surface area contributed by atoms with Crippen molar-refractivity contribution in [3.05, 3.63) is 77.8 Å². The van der Waals surface area contributed by atoms with Crippen molar-refractivity contribution in [3.63, 3.8) is 0 Å². The molecule has 0 spiro atoms. The highest BCUT2D eigenvalue weighted by molar-refractivity contribution is 5.59. The van der Waals surface area contributed by atoms with E-state index in [-0.39, 0.29) is 5.56 Å². The van der Waals surface area contributed by atoms with Crippen molar-refractivity contribution < 1.29 is 22.9 Å². The molecule has 0 amide bonds. The van der Waals surface area contributed by atoms with Gasteiger partial charge in [-0.2, -0.15) is 18.2 Å². The Morgan fingerprint density at radius 3 is 2.62 bits per heavy atom. The smallest absolute Gasteiger partial charge is 0.416 e. The molecule has 1 aromatic carbocycles. The van der Waals surface area contributed by atoms with Crippen LogP contribution in [0, 0.1) is 13.3 Å². The van der Waals surface area contributed by atoms with Crippen molar-refractivity contribution in [1.82, 2.24) is 19.1 Å². The molecule has 0 bridgehead atoms. The first-order valence-electron chi connectivity index (χ1n) is 10.1. The van der Waals surface area contributed by atoms with Crippen LogP contribution in [-0.4, -0.2) is 26.2 Å². The van der Waals surface area contributed by atoms with Crippen LogP contribution in [0.25, 0.3) is 17.1 Å². The Morgan fingerprint density at radius 1 is 1.09 bits per heavy atom. The van der Waals surface area contributed by atoms with Crippen LogP contribution in [0.5, 0.6) is 5.88 Å². The fourth-order valence-corrected chi connectivity index (χ4v) is 4.17. The van der Waals surface area contributed by atoms with Crippen LogP contribution in [0.2, 0.25) is 0 Å². The lowest BCUT2D eigenvalue weighted by atomic mass is 9.92. The molecule has 32 heavy (non-hydrogen) atoms. The van der Waals surface area contributed by atoms with Gasteiger partial charge in [0, 0.05) is 25.6 Å². The van der Waals surface area contributed by atoms with E-state index in [1.165, 1.54) is 19.2 Å². The van der Waals surface area contributed by atoms with E-state index < -0.39 is 17.7 Å². The molecule has 9 heteroatoms. The molecule has 0 saturated carbocycles. The van der Waals surface area contributed by atoms with Gasteiger partial charge >= 0.3 is 12.5 Å². The maximum Gasteiger partial charge on any atom is 0.416 e. The summed E-state index contributed by atoms with van der Waals surface area (Å²) in [5.41, 5.74) is 2.30. The molecule has 1 aliphatic rings. The SMILES string of the molecule is COc1nc(-c2cn3c(n2)C(c2ccccc2C(F)(F)F)CC3)ccc1-n1c#[n+]c(C)c1. The molecule has 4 aromatic rings. The molecule has 0 saturated heterocycles. The second-order valence-electron chi connectivity index (χ2n) is 7.68. The summed E-state index contributed by atoms with van der Waals surface area (Å²) in [5, 5.41) is 0. The molecule has 0 radical (unpaired) electrons. The zero-order valence-corrected chi connectivity index (χ0v) is 17.4. The Kier molecular flexibility index (Phi) is 4.66. The van der Waals surface area contributed by atoms with Gasteiger partial charge in [-0.15, -0.1) is 4.57 Å². The van der Waals surface area contributed by atoms with E-state index in [1.54, 1.807) is 16.7 Å². The van der Waals surface area contributed by atoms with Gasteiger partial charge in [0.05, 0.1) is 18.4 Å². The van der Waals surface area contributed by atoms with Crippen molar-refractivity contribution in [2.75, 3.05) is 7.11 Å². The highest BCUT2D eigenvalue weighted by atomic mass is 19.4. The molecule has 3 aromatic heterocycles. The first kappa shape index (κ1) is 20.1. The van der Waals surface area contributed by atoms with Crippen LogP contribution in [0.1, 0.15) is 35.0 Å². The minimum atomic E-state index is -4.41. The van der Waals surface area contributed by atoms with Gasteiger partial charge in [0.25, 0.3) is 11.6 Å². The molecule has 0 N–H and O–H groups in total. The van der Waals surface area contributed by atoms with Crippen LogP contribution < -0.4 is 9.72 Å². The largest absolute Gasteiger partial charge is 0.478 e. The van der Waals surface area contributed by atoms with Gasteiger partial charge in [-0.1, -0.05) is 18.2 Å². The average Bonchev–Trinajstić information content (AvgIpc) is 3.48. The van der Waals surface area contributed by atoms with Gasteiger partial charge in [0.2, 0.25) is 5.69 Å². The number of pyridine rings is 1. The first-order valence-corrected chi connectivity index (χ1v) is 10.1. The number of benzene rings is 1. The van der Waals surface area contributed by atoms with Crippen molar-refractivity contribution in [2.24, 2.45) is 0 Å². The lowest BCUT2D eigenvalue weighted by Crippen LogP contribution is -2.12. The number of fused-ring (bicyclic) bond motifs is 1. The normalized spacial score (nSPS) is 15.5. The third-order valence-electron chi connectivity index (χ3n) is 5.62. The molecule has 0 aliphatic carbocycles. The molecular weight excluding hydrogens is 419 g/mol. The summed E-state index contributed by atoms with van der Waals surface area (Å²) in [4.78, 5) is 13.3. The summed E-state index contributed by atoms with van der Waals surface area (Å²) in [6.07, 6.45) is 2.67. The number of ether oxygens (including phenoxy) is 1. The lowest BCUT2D eigenvalue weighted by molar-refractivity contribution is -0.302. The zero-order chi connectivity index (χ0) is 22.5. The fraction of sp³-hybridized carbons (Fsp3) is 0.261. The van der Waals surface area contributed by atoms with Gasteiger partial charge in [-0.05, 0) is 30.2 Å². The van der Waals surface area contributed by atoms with Gasteiger partial charge in [-0.25, -0.2) is 9.97 Å². The number of hydrogen-bond acceptors (Lipinski definition) is 3. The van der Waals surface area contributed by atoms with Crippen LogP contribution in [0.3, 0.4) is 0 Å². The number of hydrogen-bond donors (Lipinski definition) is 0. The molecule has 5 rings (SSSR count). The van der Waals surface area contributed by atoms with Crippen LogP contribution in [0.4, 0.5) is 13.2 Å². The van der Waals surface area contributed by atoms with E-state index in [0.29, 0.717) is 41.7 Å². The predicted octanol–water partition coefficient (Wildman–Crippen LogP) is 4.01. The Labute approximate surface area is 182 Å². The molecule has 0 fully saturated rings. The maximum atomic E-state index is 13.6.